The monoisotopic (exact) mass is 608 g/mol. The minimum Gasteiger partial charge on any atom is -0.477 e. The van der Waals surface area contributed by atoms with Gasteiger partial charge in [0, 0.05) is 11.4 Å². The van der Waals surface area contributed by atoms with Crippen LogP contribution in [0.4, 0.5) is 18.9 Å². The number of sulfonamides is 1. The molecule has 1 atom stereocenters. The Hall–Kier alpha value is -3.42. The van der Waals surface area contributed by atoms with Crippen molar-refractivity contribution in [3.63, 3.8) is 0 Å². The van der Waals surface area contributed by atoms with Gasteiger partial charge in [-0.05, 0) is 54.7 Å². The Labute approximate surface area is 239 Å². The normalized spacial score (nSPS) is 19.3. The number of hydrogen-bond donors (Lipinski definition) is 1. The second-order valence-electron chi connectivity index (χ2n) is 10.0. The van der Waals surface area contributed by atoms with Gasteiger partial charge in [-0.2, -0.15) is 4.31 Å². The van der Waals surface area contributed by atoms with Crippen LogP contribution in [0.25, 0.3) is 10.4 Å². The first kappa shape index (κ1) is 29.1. The van der Waals surface area contributed by atoms with Crippen LogP contribution in [0.1, 0.15) is 41.8 Å². The third-order valence-corrected chi connectivity index (χ3v) is 10.4. The average Bonchev–Trinajstić information content (AvgIpc) is 3.38. The zero-order valence-electron chi connectivity index (χ0n) is 21.7. The molecule has 0 bridgehead atoms. The van der Waals surface area contributed by atoms with E-state index in [1.54, 1.807) is 6.07 Å². The number of thiophene rings is 1. The Balaban J connectivity index is 1.50. The molecule has 1 aliphatic heterocycles. The Morgan fingerprint density at radius 2 is 1.66 bits per heavy atom. The molecule has 1 aliphatic carbocycles. The minimum atomic E-state index is -4.92. The van der Waals surface area contributed by atoms with Gasteiger partial charge in [0.1, 0.15) is 10.6 Å². The molecule has 8 nitrogen and oxygen atoms in total. The Kier molecular flexibility index (Phi) is 8.13. The van der Waals surface area contributed by atoms with Crippen LogP contribution in [-0.2, 0) is 14.8 Å². The van der Waals surface area contributed by atoms with Gasteiger partial charge in [0.05, 0.1) is 23.2 Å². The van der Waals surface area contributed by atoms with E-state index in [4.69, 9.17) is 0 Å². The van der Waals surface area contributed by atoms with Crippen LogP contribution in [0.3, 0.4) is 0 Å². The van der Waals surface area contributed by atoms with Gasteiger partial charge in [-0.1, -0.05) is 49.6 Å². The summed E-state index contributed by atoms with van der Waals surface area (Å²) in [7, 11) is -4.26. The van der Waals surface area contributed by atoms with Crippen molar-refractivity contribution >= 4 is 38.9 Å². The number of halogens is 3. The van der Waals surface area contributed by atoms with E-state index >= 15 is 0 Å². The summed E-state index contributed by atoms with van der Waals surface area (Å²) in [4.78, 5) is 27.9. The SMILES string of the molecule is O=C(O)c1sc(-c2ccccc2)cc1N1C(=O)CN(S(=O)(=O)c2ccc(OC(F)(F)F)cc2)CC1C1CCCCC1. The number of piperazine rings is 1. The van der Waals surface area contributed by atoms with Crippen molar-refractivity contribution in [2.24, 2.45) is 5.92 Å². The molecule has 1 unspecified atom stereocenters. The van der Waals surface area contributed by atoms with Crippen molar-refractivity contribution in [1.82, 2.24) is 4.31 Å². The Morgan fingerprint density at radius 3 is 2.27 bits per heavy atom. The first-order valence-corrected chi connectivity index (χ1v) is 15.3. The van der Waals surface area contributed by atoms with Crippen molar-refractivity contribution in [1.29, 1.82) is 0 Å². The molecule has 0 spiro atoms. The number of carbonyl (C=O) groups is 2. The highest BCUT2D eigenvalue weighted by atomic mass is 32.2. The maximum atomic E-state index is 13.8. The minimum absolute atomic E-state index is 0.00502. The van der Waals surface area contributed by atoms with Gasteiger partial charge in [0.2, 0.25) is 15.9 Å². The molecule has 2 aromatic carbocycles. The molecule has 2 heterocycles. The van der Waals surface area contributed by atoms with E-state index in [0.717, 1.165) is 77.6 Å². The largest absolute Gasteiger partial charge is 0.573 e. The van der Waals surface area contributed by atoms with Crippen LogP contribution < -0.4 is 9.64 Å². The van der Waals surface area contributed by atoms with E-state index in [0.29, 0.717) is 4.88 Å². The molecule has 218 valence electrons. The van der Waals surface area contributed by atoms with E-state index in [9.17, 15) is 36.3 Å². The van der Waals surface area contributed by atoms with Gasteiger partial charge in [-0.15, -0.1) is 24.5 Å². The first-order valence-electron chi connectivity index (χ1n) is 13.0. The highest BCUT2D eigenvalue weighted by molar-refractivity contribution is 7.89. The molecule has 1 saturated carbocycles. The van der Waals surface area contributed by atoms with Gasteiger partial charge in [-0.25, -0.2) is 13.2 Å². The fourth-order valence-corrected chi connectivity index (χ4v) is 7.96. The standard InChI is InChI=1S/C28H27F3N2O6S2/c29-28(30,31)39-20-11-13-21(14-12-20)41(37,38)32-16-23(18-7-3-1-4-8-18)33(25(34)17-32)22-15-24(40-26(22)27(35)36)19-9-5-2-6-10-19/h2,5-6,9-15,18,23H,1,3-4,7-8,16-17H2,(H,35,36). The summed E-state index contributed by atoms with van der Waals surface area (Å²) >= 11 is 1.06. The molecule has 2 aliphatic rings. The summed E-state index contributed by atoms with van der Waals surface area (Å²) in [6, 6.07) is 14.1. The number of carboxylic acids is 1. The molecule has 41 heavy (non-hydrogen) atoms. The fourth-order valence-electron chi connectivity index (χ4n) is 5.56. The lowest BCUT2D eigenvalue weighted by atomic mass is 9.82. The Bertz CT molecular complexity index is 1520. The van der Waals surface area contributed by atoms with E-state index in [2.05, 4.69) is 4.74 Å². The summed E-state index contributed by atoms with van der Waals surface area (Å²) in [5.74, 6) is -2.37. The van der Waals surface area contributed by atoms with Crippen LogP contribution in [0.5, 0.6) is 5.75 Å². The number of anilines is 1. The van der Waals surface area contributed by atoms with Crippen molar-refractivity contribution in [3.8, 4) is 16.2 Å². The van der Waals surface area contributed by atoms with Crippen molar-refractivity contribution < 1.29 is 41.0 Å². The van der Waals surface area contributed by atoms with E-state index in [-0.39, 0.29) is 27.9 Å². The van der Waals surface area contributed by atoms with Crippen LogP contribution in [0.2, 0.25) is 0 Å². The second kappa shape index (κ2) is 11.5. The molecule has 13 heteroatoms. The summed E-state index contributed by atoms with van der Waals surface area (Å²) in [5, 5.41) is 10.0. The second-order valence-corrected chi connectivity index (χ2v) is 13.0. The predicted molar refractivity (Wildman–Crippen MR) is 146 cm³/mol. The number of carbonyl (C=O) groups excluding carboxylic acids is 1. The summed E-state index contributed by atoms with van der Waals surface area (Å²) < 4.78 is 69.7. The molecule has 1 aromatic heterocycles. The van der Waals surface area contributed by atoms with Crippen molar-refractivity contribution in [2.45, 2.75) is 49.4 Å². The van der Waals surface area contributed by atoms with Crippen molar-refractivity contribution in [2.75, 3.05) is 18.0 Å². The number of ether oxygens (including phenoxy) is 1. The highest BCUT2D eigenvalue weighted by Crippen LogP contribution is 2.42. The number of carboxylic acid groups (broad SMARTS) is 1. The molecular formula is C28H27F3N2O6S2. The lowest BCUT2D eigenvalue weighted by molar-refractivity contribution is -0.274. The first-order chi connectivity index (χ1) is 19.4. The van der Waals surface area contributed by atoms with Gasteiger partial charge in [0.15, 0.2) is 0 Å². The van der Waals surface area contributed by atoms with Crippen LogP contribution in [-0.4, -0.2) is 55.2 Å². The molecule has 3 aromatic rings. The lowest BCUT2D eigenvalue weighted by Gasteiger charge is -2.44. The molecule has 0 radical (unpaired) electrons. The maximum Gasteiger partial charge on any atom is 0.573 e. The van der Waals surface area contributed by atoms with Crippen LogP contribution in [0, 0.1) is 5.92 Å². The zero-order valence-corrected chi connectivity index (χ0v) is 23.3. The molecule has 1 N–H and O–H groups in total. The van der Waals surface area contributed by atoms with Crippen molar-refractivity contribution in [3.05, 3.63) is 65.5 Å². The highest BCUT2D eigenvalue weighted by Gasteiger charge is 2.44. The summed E-state index contributed by atoms with van der Waals surface area (Å²) in [6.07, 6.45) is -0.591. The van der Waals surface area contributed by atoms with Gasteiger partial charge >= 0.3 is 12.3 Å². The maximum absolute atomic E-state index is 13.8. The zero-order chi connectivity index (χ0) is 29.4. The molecule has 5 rings (SSSR count). The third kappa shape index (κ3) is 6.26. The number of rotatable bonds is 7. The number of aromatic carboxylic acids is 1. The topological polar surface area (TPSA) is 104 Å². The molecule has 2 fully saturated rings. The number of amides is 1. The quantitative estimate of drug-likeness (QED) is 0.353. The average molecular weight is 609 g/mol. The van der Waals surface area contributed by atoms with E-state index in [1.807, 2.05) is 30.3 Å². The van der Waals surface area contributed by atoms with Crippen LogP contribution >= 0.6 is 11.3 Å². The summed E-state index contributed by atoms with van der Waals surface area (Å²) in [6.45, 7) is -0.614. The van der Waals surface area contributed by atoms with E-state index in [1.165, 1.54) is 4.90 Å². The number of benzene rings is 2. The van der Waals surface area contributed by atoms with Crippen LogP contribution in [0.15, 0.2) is 65.6 Å². The summed E-state index contributed by atoms with van der Waals surface area (Å²) in [5.41, 5.74) is 1.04. The number of nitrogens with zero attached hydrogens (tertiary/aromatic N) is 2. The fraction of sp³-hybridized carbons (Fsp3) is 0.357. The van der Waals surface area contributed by atoms with Gasteiger partial charge < -0.3 is 14.7 Å². The lowest BCUT2D eigenvalue weighted by Crippen LogP contribution is -2.60. The van der Waals surface area contributed by atoms with Gasteiger partial charge in [0.25, 0.3) is 0 Å². The van der Waals surface area contributed by atoms with E-state index < -0.39 is 46.6 Å². The number of alkyl halides is 3. The smallest absolute Gasteiger partial charge is 0.477 e. The number of hydrogen-bond acceptors (Lipinski definition) is 6. The predicted octanol–water partition coefficient (Wildman–Crippen LogP) is 6.00. The van der Waals surface area contributed by atoms with Gasteiger partial charge in [-0.3, -0.25) is 4.79 Å². The molecular weight excluding hydrogens is 581 g/mol. The third-order valence-electron chi connectivity index (χ3n) is 7.42. The molecule has 1 saturated heterocycles. The Morgan fingerprint density at radius 1 is 1.00 bits per heavy atom. The molecule has 1 amide bonds.